The van der Waals surface area contributed by atoms with Crippen LogP contribution in [0, 0.1) is 0 Å². The van der Waals surface area contributed by atoms with E-state index in [-0.39, 0.29) is 18.7 Å². The summed E-state index contributed by atoms with van der Waals surface area (Å²) in [7, 11) is 0. The Balaban J connectivity index is 1.39. The van der Waals surface area contributed by atoms with Gasteiger partial charge in [0.15, 0.2) is 17.3 Å². The zero-order valence-corrected chi connectivity index (χ0v) is 19.8. The first-order valence-electron chi connectivity index (χ1n) is 11.5. The van der Waals surface area contributed by atoms with Gasteiger partial charge in [0.2, 0.25) is 0 Å². The summed E-state index contributed by atoms with van der Waals surface area (Å²) < 4.78 is 60.4. The van der Waals surface area contributed by atoms with Crippen molar-refractivity contribution in [2.75, 3.05) is 32.8 Å². The molecular weight excluding hydrogens is 501 g/mol. The minimum absolute atomic E-state index is 0.0341. The molecule has 36 heavy (non-hydrogen) atoms. The number of carbonyl (C=O) groups is 1. The third kappa shape index (κ3) is 4.98. The fourth-order valence-electron chi connectivity index (χ4n) is 4.47. The standard InChI is InChI=1S/C25H24ClF3N2O5/c26-16-2-4-19-15(9-16)11-22(36-19)25(28,29)24(33)30-18(13-31-6-5-17(27)12-31)23(32)14-1-3-20-21(10-14)35-8-7-34-20/h1-4,9-11,17-18,23,32H,5-8,12-13H2,(H,30,33). The number of ether oxygens (including phenoxy) is 2. The summed E-state index contributed by atoms with van der Waals surface area (Å²) in [6.45, 7) is 1.14. The van der Waals surface area contributed by atoms with Gasteiger partial charge in [-0.15, -0.1) is 0 Å². The molecule has 1 saturated heterocycles. The van der Waals surface area contributed by atoms with Crippen molar-refractivity contribution in [3.05, 3.63) is 58.8 Å². The second-order valence-corrected chi connectivity index (χ2v) is 9.38. The van der Waals surface area contributed by atoms with E-state index in [1.54, 1.807) is 23.1 Å². The van der Waals surface area contributed by atoms with Crippen molar-refractivity contribution in [3.8, 4) is 11.5 Å². The maximum absolute atomic E-state index is 15.2. The van der Waals surface area contributed by atoms with Gasteiger partial charge < -0.3 is 24.3 Å². The number of hydrogen-bond donors (Lipinski definition) is 2. The average Bonchev–Trinajstić information content (AvgIpc) is 3.48. The SMILES string of the molecule is O=C(NC(CN1CCC(F)C1)C(O)c1ccc2c(c1)OCCO2)C(F)(F)c1cc2cc(Cl)ccc2o1. The molecule has 7 nitrogen and oxygen atoms in total. The highest BCUT2D eigenvalue weighted by molar-refractivity contribution is 6.31. The first kappa shape index (κ1) is 24.7. The Morgan fingerprint density at radius 3 is 2.69 bits per heavy atom. The molecule has 2 aliphatic rings. The molecule has 0 bridgehead atoms. The molecule has 0 radical (unpaired) electrons. The number of carbonyl (C=O) groups excluding carboxylic acids is 1. The Labute approximate surface area is 209 Å². The third-order valence-electron chi connectivity index (χ3n) is 6.35. The summed E-state index contributed by atoms with van der Waals surface area (Å²) in [4.78, 5) is 14.5. The monoisotopic (exact) mass is 524 g/mol. The van der Waals surface area contributed by atoms with Gasteiger partial charge in [0, 0.05) is 30.0 Å². The van der Waals surface area contributed by atoms with Crippen LogP contribution in [0.1, 0.15) is 23.8 Å². The topological polar surface area (TPSA) is 84.2 Å². The molecule has 1 amide bonds. The number of aliphatic hydroxyl groups excluding tert-OH is 1. The summed E-state index contributed by atoms with van der Waals surface area (Å²) in [6, 6.07) is 8.98. The summed E-state index contributed by atoms with van der Waals surface area (Å²) in [5, 5.41) is 14.1. The minimum atomic E-state index is -4.04. The number of amides is 1. The van der Waals surface area contributed by atoms with Gasteiger partial charge in [-0.05, 0) is 48.4 Å². The predicted octanol–water partition coefficient (Wildman–Crippen LogP) is 4.21. The van der Waals surface area contributed by atoms with Gasteiger partial charge in [0.25, 0.3) is 5.91 Å². The van der Waals surface area contributed by atoms with Crippen molar-refractivity contribution >= 4 is 28.5 Å². The van der Waals surface area contributed by atoms with Gasteiger partial charge in [-0.1, -0.05) is 17.7 Å². The van der Waals surface area contributed by atoms with Crippen LogP contribution in [0.4, 0.5) is 13.2 Å². The minimum Gasteiger partial charge on any atom is -0.486 e. The lowest BCUT2D eigenvalue weighted by Crippen LogP contribution is -2.51. The lowest BCUT2D eigenvalue weighted by atomic mass is 10.0. The summed E-state index contributed by atoms with van der Waals surface area (Å²) in [5.41, 5.74) is 0.489. The molecule has 1 fully saturated rings. The molecule has 192 valence electrons. The van der Waals surface area contributed by atoms with Crippen molar-refractivity contribution in [1.82, 2.24) is 10.2 Å². The van der Waals surface area contributed by atoms with Crippen LogP contribution in [0.25, 0.3) is 11.0 Å². The van der Waals surface area contributed by atoms with E-state index in [4.69, 9.17) is 25.5 Å². The molecule has 3 unspecified atom stereocenters. The Morgan fingerprint density at radius 2 is 1.94 bits per heavy atom. The van der Waals surface area contributed by atoms with Crippen molar-refractivity contribution in [2.45, 2.75) is 30.7 Å². The molecule has 2 aromatic carbocycles. The van der Waals surface area contributed by atoms with Crippen LogP contribution < -0.4 is 14.8 Å². The average molecular weight is 525 g/mol. The maximum Gasteiger partial charge on any atom is 0.380 e. The molecule has 3 aromatic rings. The molecule has 0 spiro atoms. The first-order chi connectivity index (χ1) is 17.2. The van der Waals surface area contributed by atoms with Gasteiger partial charge >= 0.3 is 5.92 Å². The number of likely N-dealkylation sites (tertiary alicyclic amines) is 1. The molecule has 0 saturated carbocycles. The third-order valence-corrected chi connectivity index (χ3v) is 6.58. The number of halogens is 4. The Kier molecular flexibility index (Phi) is 6.76. The number of alkyl halides is 3. The number of rotatable bonds is 7. The van der Waals surface area contributed by atoms with E-state index in [0.717, 1.165) is 6.07 Å². The lowest BCUT2D eigenvalue weighted by Gasteiger charge is -2.30. The second-order valence-electron chi connectivity index (χ2n) is 8.94. The number of benzene rings is 2. The highest BCUT2D eigenvalue weighted by atomic mass is 35.5. The van der Waals surface area contributed by atoms with E-state index < -0.39 is 35.9 Å². The molecule has 1 aromatic heterocycles. The van der Waals surface area contributed by atoms with Crippen molar-refractivity contribution in [2.24, 2.45) is 0 Å². The van der Waals surface area contributed by atoms with Gasteiger partial charge in [-0.3, -0.25) is 9.69 Å². The largest absolute Gasteiger partial charge is 0.486 e. The van der Waals surface area contributed by atoms with Crippen LogP contribution in [0.15, 0.2) is 46.9 Å². The van der Waals surface area contributed by atoms with Crippen molar-refractivity contribution in [3.63, 3.8) is 0 Å². The number of aliphatic hydroxyl groups is 1. The van der Waals surface area contributed by atoms with E-state index in [9.17, 15) is 14.3 Å². The molecular formula is C25H24ClF3N2O5. The molecule has 3 atom stereocenters. The number of fused-ring (bicyclic) bond motifs is 2. The van der Waals surface area contributed by atoms with E-state index in [1.807, 2.05) is 0 Å². The fraction of sp³-hybridized carbons (Fsp3) is 0.400. The van der Waals surface area contributed by atoms with E-state index >= 15 is 8.78 Å². The van der Waals surface area contributed by atoms with Gasteiger partial charge in [-0.2, -0.15) is 8.78 Å². The highest BCUT2D eigenvalue weighted by Gasteiger charge is 2.46. The predicted molar refractivity (Wildman–Crippen MR) is 125 cm³/mol. The van der Waals surface area contributed by atoms with Crippen LogP contribution in [0.2, 0.25) is 5.02 Å². The van der Waals surface area contributed by atoms with Crippen LogP contribution in [0.5, 0.6) is 11.5 Å². The molecule has 0 aliphatic carbocycles. The van der Waals surface area contributed by atoms with Gasteiger partial charge in [0.05, 0.1) is 6.04 Å². The second kappa shape index (κ2) is 9.84. The molecule has 11 heteroatoms. The molecule has 5 rings (SSSR count). The quantitative estimate of drug-likeness (QED) is 0.482. The lowest BCUT2D eigenvalue weighted by molar-refractivity contribution is -0.151. The Morgan fingerprint density at radius 1 is 1.17 bits per heavy atom. The molecule has 3 heterocycles. The summed E-state index contributed by atoms with van der Waals surface area (Å²) >= 11 is 5.92. The van der Waals surface area contributed by atoms with Crippen LogP contribution in [0.3, 0.4) is 0 Å². The van der Waals surface area contributed by atoms with Crippen LogP contribution in [-0.4, -0.2) is 61.0 Å². The normalized spacial score (nSPS) is 19.9. The number of hydrogen-bond acceptors (Lipinski definition) is 6. The molecule has 2 aliphatic heterocycles. The highest BCUT2D eigenvalue weighted by Crippen LogP contribution is 2.36. The van der Waals surface area contributed by atoms with E-state index in [1.165, 1.54) is 18.2 Å². The van der Waals surface area contributed by atoms with Gasteiger partial charge in [0.1, 0.15) is 31.1 Å². The van der Waals surface area contributed by atoms with Crippen LogP contribution in [-0.2, 0) is 10.7 Å². The van der Waals surface area contributed by atoms with Crippen molar-refractivity contribution in [1.29, 1.82) is 0 Å². The van der Waals surface area contributed by atoms with Crippen LogP contribution >= 0.6 is 11.6 Å². The zero-order valence-electron chi connectivity index (χ0n) is 19.1. The van der Waals surface area contributed by atoms with Crippen molar-refractivity contribution < 1.29 is 37.0 Å². The Hall–Kier alpha value is -2.95. The number of nitrogens with zero attached hydrogens (tertiary/aromatic N) is 1. The first-order valence-corrected chi connectivity index (χ1v) is 11.9. The zero-order chi connectivity index (χ0) is 25.4. The van der Waals surface area contributed by atoms with E-state index in [0.29, 0.717) is 53.7 Å². The fourth-order valence-corrected chi connectivity index (χ4v) is 4.65. The molecule has 2 N–H and O–H groups in total. The van der Waals surface area contributed by atoms with E-state index in [2.05, 4.69) is 5.32 Å². The number of nitrogens with one attached hydrogen (secondary N) is 1. The smallest absolute Gasteiger partial charge is 0.380 e. The van der Waals surface area contributed by atoms with Gasteiger partial charge in [-0.25, -0.2) is 4.39 Å². The summed E-state index contributed by atoms with van der Waals surface area (Å²) in [5.74, 6) is -5.64. The number of furan rings is 1. The summed E-state index contributed by atoms with van der Waals surface area (Å²) in [6.07, 6.45) is -2.15. The Bertz CT molecular complexity index is 1270. The maximum atomic E-state index is 15.2.